The third kappa shape index (κ3) is 5.03. The number of hydrogen-bond donors (Lipinski definition) is 1. The van der Waals surface area contributed by atoms with Gasteiger partial charge >= 0.3 is 0 Å². The molecule has 1 aliphatic rings. The van der Waals surface area contributed by atoms with E-state index in [1.165, 1.54) is 11.3 Å². The number of nitrogens with one attached hydrogen (secondary N) is 1. The molecule has 0 amide bonds. The van der Waals surface area contributed by atoms with Crippen LogP contribution in [-0.2, 0) is 16.4 Å². The summed E-state index contributed by atoms with van der Waals surface area (Å²) in [6.45, 7) is 9.90. The van der Waals surface area contributed by atoms with Gasteiger partial charge in [-0.2, -0.15) is 0 Å². The van der Waals surface area contributed by atoms with Gasteiger partial charge in [0.05, 0.1) is 0 Å². The van der Waals surface area contributed by atoms with Gasteiger partial charge in [-0.25, -0.2) is 13.1 Å². The number of likely N-dealkylation sites (N-methyl/N-ethyl adjacent to an activating group) is 1. The van der Waals surface area contributed by atoms with Gasteiger partial charge in [-0.05, 0) is 31.5 Å². The van der Waals surface area contributed by atoms with Gasteiger partial charge in [-0.3, -0.25) is 0 Å². The number of hydrogen-bond acceptors (Lipinski definition) is 5. The number of nitrogens with zero attached hydrogens (tertiary/aromatic N) is 2. The molecule has 0 aliphatic carbocycles. The maximum absolute atomic E-state index is 12.3. The first-order valence-electron chi connectivity index (χ1n) is 7.90. The Balaban J connectivity index is 1.81. The van der Waals surface area contributed by atoms with Gasteiger partial charge in [0.2, 0.25) is 10.0 Å². The Bertz CT molecular complexity index is 563. The average Bonchev–Trinajstić information content (AvgIpc) is 2.98. The van der Waals surface area contributed by atoms with Crippen molar-refractivity contribution in [3.05, 3.63) is 17.0 Å². The van der Waals surface area contributed by atoms with Crippen LogP contribution < -0.4 is 4.72 Å². The first kappa shape index (κ1) is 17.9. The standard InChI is InChI=1S/C15H27N3O2S2/c1-4-14-5-6-15(21-14)22(19,20)16-11-13(2)12-18-9-7-17(3)8-10-18/h5-6,13,16H,4,7-12H2,1-3H3/t13-/m0/s1. The second-order valence-electron chi connectivity index (χ2n) is 6.14. The van der Waals surface area contributed by atoms with E-state index < -0.39 is 10.0 Å². The fourth-order valence-corrected chi connectivity index (χ4v) is 5.06. The summed E-state index contributed by atoms with van der Waals surface area (Å²) in [5.41, 5.74) is 0. The van der Waals surface area contributed by atoms with Gasteiger partial charge in [0, 0.05) is 44.1 Å². The van der Waals surface area contributed by atoms with Crippen molar-refractivity contribution in [1.29, 1.82) is 0 Å². The molecule has 0 bridgehead atoms. The quantitative estimate of drug-likeness (QED) is 0.813. The molecule has 0 unspecified atom stereocenters. The van der Waals surface area contributed by atoms with Gasteiger partial charge in [-0.1, -0.05) is 13.8 Å². The molecular formula is C15H27N3O2S2. The van der Waals surface area contributed by atoms with Gasteiger partial charge in [0.15, 0.2) is 0 Å². The third-order valence-corrected chi connectivity index (χ3v) is 7.18. The Kier molecular flexibility index (Phi) is 6.40. The molecule has 1 saturated heterocycles. The van der Waals surface area contributed by atoms with E-state index in [0.717, 1.165) is 44.0 Å². The predicted octanol–water partition coefficient (Wildman–Crippen LogP) is 1.47. The fourth-order valence-electron chi connectivity index (χ4n) is 2.55. The molecule has 0 aromatic carbocycles. The van der Waals surface area contributed by atoms with Crippen molar-refractivity contribution in [2.75, 3.05) is 46.3 Å². The van der Waals surface area contributed by atoms with Crippen LogP contribution in [0.1, 0.15) is 18.7 Å². The zero-order chi connectivity index (χ0) is 16.2. The van der Waals surface area contributed by atoms with E-state index in [9.17, 15) is 8.42 Å². The second kappa shape index (κ2) is 7.88. The van der Waals surface area contributed by atoms with Crippen molar-refractivity contribution in [1.82, 2.24) is 14.5 Å². The lowest BCUT2D eigenvalue weighted by molar-refractivity contribution is 0.139. The van der Waals surface area contributed by atoms with Crippen molar-refractivity contribution < 1.29 is 8.42 Å². The van der Waals surface area contributed by atoms with E-state index in [0.29, 0.717) is 16.7 Å². The maximum atomic E-state index is 12.3. The van der Waals surface area contributed by atoms with Gasteiger partial charge in [-0.15, -0.1) is 11.3 Å². The number of sulfonamides is 1. The Morgan fingerprint density at radius 2 is 1.95 bits per heavy atom. The summed E-state index contributed by atoms with van der Waals surface area (Å²) in [6, 6.07) is 3.60. The van der Waals surface area contributed by atoms with Crippen molar-refractivity contribution >= 4 is 21.4 Å². The average molecular weight is 346 g/mol. The molecule has 1 N–H and O–H groups in total. The highest BCUT2D eigenvalue weighted by molar-refractivity contribution is 7.91. The topological polar surface area (TPSA) is 52.7 Å². The zero-order valence-corrected chi connectivity index (χ0v) is 15.3. The minimum Gasteiger partial charge on any atom is -0.304 e. The summed E-state index contributed by atoms with van der Waals surface area (Å²) in [4.78, 5) is 5.84. The van der Waals surface area contributed by atoms with Crippen molar-refractivity contribution in [3.63, 3.8) is 0 Å². The molecule has 22 heavy (non-hydrogen) atoms. The Morgan fingerprint density at radius 3 is 2.55 bits per heavy atom. The number of piperazine rings is 1. The van der Waals surface area contributed by atoms with E-state index in [1.807, 2.05) is 13.0 Å². The maximum Gasteiger partial charge on any atom is 0.250 e. The van der Waals surface area contributed by atoms with Crippen LogP contribution in [0.5, 0.6) is 0 Å². The molecule has 1 atom stereocenters. The molecule has 0 radical (unpaired) electrons. The normalized spacial score (nSPS) is 19.4. The van der Waals surface area contributed by atoms with Crippen LogP contribution in [0, 0.1) is 5.92 Å². The third-order valence-electron chi connectivity index (χ3n) is 4.04. The van der Waals surface area contributed by atoms with Crippen LogP contribution in [0.3, 0.4) is 0 Å². The molecule has 7 heteroatoms. The summed E-state index contributed by atoms with van der Waals surface area (Å²) in [7, 11) is -1.21. The van der Waals surface area contributed by atoms with Crippen LogP contribution in [0.2, 0.25) is 0 Å². The fraction of sp³-hybridized carbons (Fsp3) is 0.733. The van der Waals surface area contributed by atoms with Crippen LogP contribution in [0.4, 0.5) is 0 Å². The smallest absolute Gasteiger partial charge is 0.250 e. The van der Waals surface area contributed by atoms with E-state index >= 15 is 0 Å². The molecule has 2 heterocycles. The van der Waals surface area contributed by atoms with Crippen molar-refractivity contribution in [2.45, 2.75) is 24.5 Å². The highest BCUT2D eigenvalue weighted by Crippen LogP contribution is 2.21. The van der Waals surface area contributed by atoms with Crippen molar-refractivity contribution in [3.8, 4) is 0 Å². The Hall–Kier alpha value is -0.470. The van der Waals surface area contributed by atoms with Gasteiger partial charge in [0.1, 0.15) is 4.21 Å². The molecule has 2 rings (SSSR count). The largest absolute Gasteiger partial charge is 0.304 e. The van der Waals surface area contributed by atoms with Crippen LogP contribution in [-0.4, -0.2) is 64.5 Å². The molecule has 1 aromatic rings. The lowest BCUT2D eigenvalue weighted by atomic mass is 10.1. The number of rotatable bonds is 7. The molecular weight excluding hydrogens is 318 g/mol. The highest BCUT2D eigenvalue weighted by atomic mass is 32.2. The summed E-state index contributed by atoms with van der Waals surface area (Å²) < 4.78 is 27.7. The monoisotopic (exact) mass is 345 g/mol. The molecule has 0 saturated carbocycles. The Morgan fingerprint density at radius 1 is 1.27 bits per heavy atom. The molecule has 1 fully saturated rings. The SMILES string of the molecule is CCc1ccc(S(=O)(=O)NC[C@H](C)CN2CCN(C)CC2)s1. The summed E-state index contributed by atoms with van der Waals surface area (Å²) in [5.74, 6) is 0.309. The lowest BCUT2D eigenvalue weighted by Gasteiger charge is -2.33. The van der Waals surface area contributed by atoms with Gasteiger partial charge < -0.3 is 9.80 Å². The van der Waals surface area contributed by atoms with Crippen LogP contribution in [0.25, 0.3) is 0 Å². The first-order valence-corrected chi connectivity index (χ1v) is 10.2. The van der Waals surface area contributed by atoms with Gasteiger partial charge in [0.25, 0.3) is 0 Å². The van der Waals surface area contributed by atoms with Crippen LogP contribution >= 0.6 is 11.3 Å². The van der Waals surface area contributed by atoms with E-state index in [1.54, 1.807) is 6.07 Å². The summed E-state index contributed by atoms with van der Waals surface area (Å²) in [6.07, 6.45) is 0.875. The number of aryl methyl sites for hydroxylation is 1. The van der Waals surface area contributed by atoms with E-state index in [2.05, 4.69) is 28.5 Å². The Labute approximate surface area is 138 Å². The highest BCUT2D eigenvalue weighted by Gasteiger charge is 2.20. The zero-order valence-electron chi connectivity index (χ0n) is 13.7. The summed E-state index contributed by atoms with van der Waals surface area (Å²) in [5, 5.41) is 0. The minimum absolute atomic E-state index is 0.309. The molecule has 0 spiro atoms. The number of thiophene rings is 1. The van der Waals surface area contributed by atoms with E-state index in [4.69, 9.17) is 0 Å². The molecule has 1 aliphatic heterocycles. The molecule has 126 valence electrons. The second-order valence-corrected chi connectivity index (χ2v) is 9.30. The van der Waals surface area contributed by atoms with Crippen LogP contribution in [0.15, 0.2) is 16.3 Å². The lowest BCUT2D eigenvalue weighted by Crippen LogP contribution is -2.46. The molecule has 5 nitrogen and oxygen atoms in total. The van der Waals surface area contributed by atoms with E-state index in [-0.39, 0.29) is 0 Å². The molecule has 1 aromatic heterocycles. The minimum atomic E-state index is -3.35. The first-order chi connectivity index (χ1) is 10.4. The predicted molar refractivity (Wildman–Crippen MR) is 92.0 cm³/mol. The summed E-state index contributed by atoms with van der Waals surface area (Å²) >= 11 is 1.36. The van der Waals surface area contributed by atoms with Crippen molar-refractivity contribution in [2.24, 2.45) is 5.92 Å².